The average molecular weight is 275 g/mol. The first kappa shape index (κ1) is 14.6. The largest absolute Gasteiger partial charge is 0.480 e. The lowest BCUT2D eigenvalue weighted by Gasteiger charge is -2.35. The first-order valence-corrected chi connectivity index (χ1v) is 7.13. The van der Waals surface area contributed by atoms with Crippen molar-refractivity contribution in [3.63, 3.8) is 0 Å². The van der Waals surface area contributed by atoms with Gasteiger partial charge in [0.1, 0.15) is 5.41 Å². The molecule has 1 aliphatic carbocycles. The van der Waals surface area contributed by atoms with Crippen LogP contribution in [0.2, 0.25) is 0 Å². The lowest BCUT2D eigenvalue weighted by Crippen LogP contribution is -2.51. The SMILES string of the molecule is CC(CCNC(=O)C1(C(=O)O)CCC1)c1ccccc1. The minimum Gasteiger partial charge on any atom is -0.480 e. The summed E-state index contributed by atoms with van der Waals surface area (Å²) < 4.78 is 0. The van der Waals surface area contributed by atoms with E-state index in [0.29, 0.717) is 25.3 Å². The number of carbonyl (C=O) groups excluding carboxylic acids is 1. The highest BCUT2D eigenvalue weighted by Crippen LogP contribution is 2.41. The summed E-state index contributed by atoms with van der Waals surface area (Å²) in [6, 6.07) is 10.1. The third-order valence-corrected chi connectivity index (χ3v) is 4.28. The number of amides is 1. The van der Waals surface area contributed by atoms with E-state index in [4.69, 9.17) is 0 Å². The molecule has 2 N–H and O–H groups in total. The van der Waals surface area contributed by atoms with Gasteiger partial charge in [0.2, 0.25) is 5.91 Å². The molecular formula is C16H21NO3. The predicted octanol–water partition coefficient (Wildman–Crippen LogP) is 2.55. The van der Waals surface area contributed by atoms with E-state index < -0.39 is 11.4 Å². The molecule has 2 rings (SSSR count). The summed E-state index contributed by atoms with van der Waals surface area (Å²) in [5.74, 6) is -0.965. The van der Waals surface area contributed by atoms with Crippen molar-refractivity contribution in [2.75, 3.05) is 6.54 Å². The number of benzene rings is 1. The Balaban J connectivity index is 1.81. The van der Waals surface area contributed by atoms with Gasteiger partial charge in [-0.1, -0.05) is 43.7 Å². The summed E-state index contributed by atoms with van der Waals surface area (Å²) >= 11 is 0. The summed E-state index contributed by atoms with van der Waals surface area (Å²) in [6.07, 6.45) is 2.55. The Hall–Kier alpha value is -1.84. The first-order chi connectivity index (χ1) is 9.56. The van der Waals surface area contributed by atoms with Crippen molar-refractivity contribution in [3.05, 3.63) is 35.9 Å². The van der Waals surface area contributed by atoms with Gasteiger partial charge in [-0.15, -0.1) is 0 Å². The van der Waals surface area contributed by atoms with Crippen LogP contribution in [-0.2, 0) is 9.59 Å². The molecule has 0 spiro atoms. The highest BCUT2D eigenvalue weighted by molar-refractivity contribution is 6.02. The lowest BCUT2D eigenvalue weighted by atomic mass is 9.68. The van der Waals surface area contributed by atoms with Crippen molar-refractivity contribution in [2.24, 2.45) is 5.41 Å². The maximum absolute atomic E-state index is 12.0. The molecule has 1 aliphatic rings. The second kappa shape index (κ2) is 6.07. The highest BCUT2D eigenvalue weighted by atomic mass is 16.4. The molecule has 1 unspecified atom stereocenters. The van der Waals surface area contributed by atoms with E-state index in [1.54, 1.807) is 0 Å². The van der Waals surface area contributed by atoms with Crippen molar-refractivity contribution in [1.29, 1.82) is 0 Å². The normalized spacial score (nSPS) is 17.9. The fourth-order valence-corrected chi connectivity index (χ4v) is 2.59. The number of carbonyl (C=O) groups is 2. The van der Waals surface area contributed by atoms with Crippen LogP contribution in [0.5, 0.6) is 0 Å². The molecule has 4 heteroatoms. The molecule has 1 saturated carbocycles. The number of hydrogen-bond acceptors (Lipinski definition) is 2. The fourth-order valence-electron chi connectivity index (χ4n) is 2.59. The Morgan fingerprint density at radius 3 is 2.45 bits per heavy atom. The molecule has 108 valence electrons. The van der Waals surface area contributed by atoms with E-state index in [0.717, 1.165) is 12.8 Å². The van der Waals surface area contributed by atoms with Gasteiger partial charge >= 0.3 is 5.97 Å². The Kier molecular flexibility index (Phi) is 4.42. The smallest absolute Gasteiger partial charge is 0.319 e. The zero-order valence-electron chi connectivity index (χ0n) is 11.8. The van der Waals surface area contributed by atoms with E-state index in [-0.39, 0.29) is 5.91 Å². The van der Waals surface area contributed by atoms with E-state index in [1.165, 1.54) is 5.56 Å². The molecule has 0 aromatic heterocycles. The van der Waals surface area contributed by atoms with Crippen LogP contribution in [0.25, 0.3) is 0 Å². The summed E-state index contributed by atoms with van der Waals surface area (Å²) in [7, 11) is 0. The molecule has 1 fully saturated rings. The molecule has 0 bridgehead atoms. The Morgan fingerprint density at radius 1 is 1.30 bits per heavy atom. The van der Waals surface area contributed by atoms with E-state index in [1.807, 2.05) is 18.2 Å². The maximum Gasteiger partial charge on any atom is 0.319 e. The molecule has 1 aromatic rings. The number of hydrogen-bond donors (Lipinski definition) is 2. The quantitative estimate of drug-likeness (QED) is 0.784. The molecule has 0 heterocycles. The number of carboxylic acids is 1. The second-order valence-electron chi connectivity index (χ2n) is 5.60. The van der Waals surface area contributed by atoms with Gasteiger partial charge in [0.05, 0.1) is 0 Å². The number of aliphatic carboxylic acids is 1. The average Bonchev–Trinajstić information content (AvgIpc) is 2.37. The summed E-state index contributed by atoms with van der Waals surface area (Å²) in [4.78, 5) is 23.2. The Morgan fingerprint density at radius 2 is 1.95 bits per heavy atom. The zero-order valence-corrected chi connectivity index (χ0v) is 11.8. The van der Waals surface area contributed by atoms with Crippen LogP contribution in [0.15, 0.2) is 30.3 Å². The third-order valence-electron chi connectivity index (χ3n) is 4.28. The zero-order chi connectivity index (χ0) is 14.6. The van der Waals surface area contributed by atoms with Gasteiger partial charge in [-0.2, -0.15) is 0 Å². The van der Waals surface area contributed by atoms with Crippen LogP contribution in [0.3, 0.4) is 0 Å². The molecule has 0 radical (unpaired) electrons. The summed E-state index contributed by atoms with van der Waals surface area (Å²) in [5, 5.41) is 12.0. The minimum absolute atomic E-state index is 0.323. The van der Waals surface area contributed by atoms with Crippen molar-refractivity contribution < 1.29 is 14.7 Å². The van der Waals surface area contributed by atoms with E-state index in [2.05, 4.69) is 24.4 Å². The molecule has 0 saturated heterocycles. The molecule has 20 heavy (non-hydrogen) atoms. The van der Waals surface area contributed by atoms with Gasteiger partial charge < -0.3 is 10.4 Å². The van der Waals surface area contributed by atoms with E-state index in [9.17, 15) is 14.7 Å². The number of nitrogens with one attached hydrogen (secondary N) is 1. The van der Waals surface area contributed by atoms with E-state index >= 15 is 0 Å². The first-order valence-electron chi connectivity index (χ1n) is 7.13. The molecule has 0 aliphatic heterocycles. The Labute approximate surface area is 119 Å². The highest BCUT2D eigenvalue weighted by Gasteiger charge is 2.50. The number of rotatable bonds is 6. The van der Waals surface area contributed by atoms with Crippen LogP contribution >= 0.6 is 0 Å². The van der Waals surface area contributed by atoms with Gasteiger partial charge in [-0.3, -0.25) is 9.59 Å². The van der Waals surface area contributed by atoms with Gasteiger partial charge in [0, 0.05) is 6.54 Å². The van der Waals surface area contributed by atoms with Crippen LogP contribution in [0, 0.1) is 5.41 Å². The van der Waals surface area contributed by atoms with Crippen molar-refractivity contribution >= 4 is 11.9 Å². The van der Waals surface area contributed by atoms with Crippen molar-refractivity contribution in [1.82, 2.24) is 5.32 Å². The van der Waals surface area contributed by atoms with Crippen LogP contribution in [0.1, 0.15) is 44.1 Å². The fraction of sp³-hybridized carbons (Fsp3) is 0.500. The van der Waals surface area contributed by atoms with Crippen LogP contribution in [-0.4, -0.2) is 23.5 Å². The van der Waals surface area contributed by atoms with Gasteiger partial charge in [0.15, 0.2) is 0 Å². The molecular weight excluding hydrogens is 254 g/mol. The van der Waals surface area contributed by atoms with Crippen molar-refractivity contribution in [2.45, 2.75) is 38.5 Å². The predicted molar refractivity (Wildman–Crippen MR) is 76.4 cm³/mol. The summed E-state index contributed by atoms with van der Waals surface area (Å²) in [5.41, 5.74) is 0.0778. The topological polar surface area (TPSA) is 66.4 Å². The van der Waals surface area contributed by atoms with Crippen LogP contribution < -0.4 is 5.32 Å². The summed E-state index contributed by atoms with van der Waals surface area (Å²) in [6.45, 7) is 2.63. The van der Waals surface area contributed by atoms with Gasteiger partial charge in [0.25, 0.3) is 0 Å². The van der Waals surface area contributed by atoms with Crippen LogP contribution in [0.4, 0.5) is 0 Å². The molecule has 4 nitrogen and oxygen atoms in total. The monoisotopic (exact) mass is 275 g/mol. The number of carboxylic acid groups (broad SMARTS) is 1. The second-order valence-corrected chi connectivity index (χ2v) is 5.60. The third kappa shape index (κ3) is 2.84. The van der Waals surface area contributed by atoms with Gasteiger partial charge in [-0.05, 0) is 30.7 Å². The Bertz CT molecular complexity index is 480. The molecule has 1 amide bonds. The standard InChI is InChI=1S/C16H21NO3/c1-12(13-6-3-2-4-7-13)8-11-17-14(18)16(15(19)20)9-5-10-16/h2-4,6-7,12H,5,8-11H2,1H3,(H,17,18)(H,19,20). The maximum atomic E-state index is 12.0. The lowest BCUT2D eigenvalue weighted by molar-refractivity contribution is -0.162. The van der Waals surface area contributed by atoms with Gasteiger partial charge in [-0.25, -0.2) is 0 Å². The minimum atomic E-state index is -1.16. The molecule has 1 aromatic carbocycles. The van der Waals surface area contributed by atoms with Crippen molar-refractivity contribution in [3.8, 4) is 0 Å². The molecule has 1 atom stereocenters.